The summed E-state index contributed by atoms with van der Waals surface area (Å²) in [5, 5.41) is 7.46. The predicted molar refractivity (Wildman–Crippen MR) is 73.1 cm³/mol. The summed E-state index contributed by atoms with van der Waals surface area (Å²) in [5.41, 5.74) is 0.856. The average Bonchev–Trinajstić information content (AvgIpc) is 2.75. The summed E-state index contributed by atoms with van der Waals surface area (Å²) in [6.07, 6.45) is 3.42. The van der Waals surface area contributed by atoms with Crippen LogP contribution in [0.5, 0.6) is 0 Å². The molecule has 2 heterocycles. The van der Waals surface area contributed by atoms with Gasteiger partial charge in [0.05, 0.1) is 20.1 Å². The Balaban J connectivity index is 1.97. The smallest absolute Gasteiger partial charge is 0.247 e. The lowest BCUT2D eigenvalue weighted by Crippen LogP contribution is -2.18. The zero-order valence-corrected chi connectivity index (χ0v) is 12.8. The molecule has 0 fully saturated rings. The number of anilines is 1. The first-order valence-electron chi connectivity index (χ1n) is 4.65. The van der Waals surface area contributed by atoms with Gasteiger partial charge in [0.15, 0.2) is 5.13 Å². The summed E-state index contributed by atoms with van der Waals surface area (Å²) in [6.45, 7) is 2.04. The van der Waals surface area contributed by atoms with Crippen molar-refractivity contribution >= 4 is 54.2 Å². The number of amides is 1. The summed E-state index contributed by atoms with van der Waals surface area (Å²) in [6, 6.07) is 0. The number of aromatic nitrogens is 3. The molecule has 0 unspecified atom stereocenters. The highest BCUT2D eigenvalue weighted by molar-refractivity contribution is 9.11. The highest BCUT2D eigenvalue weighted by atomic mass is 79.9. The quantitative estimate of drug-likeness (QED) is 0.891. The minimum atomic E-state index is -0.151. The fourth-order valence-electron chi connectivity index (χ4n) is 1.19. The van der Waals surface area contributed by atoms with Gasteiger partial charge in [0.25, 0.3) is 0 Å². The molecular formula is C9H8Br2N4OS. The summed E-state index contributed by atoms with van der Waals surface area (Å²) >= 11 is 8.00. The lowest BCUT2D eigenvalue weighted by atomic mass is 10.5. The van der Waals surface area contributed by atoms with E-state index < -0.39 is 0 Å². The Kier molecular flexibility index (Phi) is 3.95. The van der Waals surface area contributed by atoms with Crippen molar-refractivity contribution in [1.82, 2.24) is 14.8 Å². The Morgan fingerprint density at radius 1 is 1.59 bits per heavy atom. The van der Waals surface area contributed by atoms with Crippen molar-refractivity contribution in [2.24, 2.45) is 0 Å². The Hall–Kier alpha value is -0.730. The fraction of sp³-hybridized carbons (Fsp3) is 0.222. The molecule has 0 radical (unpaired) electrons. The normalized spacial score (nSPS) is 10.5. The van der Waals surface area contributed by atoms with E-state index >= 15 is 0 Å². The van der Waals surface area contributed by atoms with E-state index in [2.05, 4.69) is 47.3 Å². The van der Waals surface area contributed by atoms with E-state index in [9.17, 15) is 4.79 Å². The van der Waals surface area contributed by atoms with Crippen molar-refractivity contribution in [2.75, 3.05) is 5.32 Å². The molecule has 17 heavy (non-hydrogen) atoms. The minimum absolute atomic E-state index is 0.151. The lowest BCUT2D eigenvalue weighted by molar-refractivity contribution is -0.116. The highest BCUT2D eigenvalue weighted by Crippen LogP contribution is 2.23. The van der Waals surface area contributed by atoms with E-state index in [0.29, 0.717) is 5.13 Å². The van der Waals surface area contributed by atoms with E-state index in [-0.39, 0.29) is 12.5 Å². The maximum Gasteiger partial charge on any atom is 0.247 e. The van der Waals surface area contributed by atoms with Gasteiger partial charge < -0.3 is 5.32 Å². The number of carbonyl (C=O) groups is 1. The Morgan fingerprint density at radius 3 is 2.88 bits per heavy atom. The number of carbonyl (C=O) groups excluding carboxylic acids is 1. The van der Waals surface area contributed by atoms with Crippen LogP contribution >= 0.6 is 43.2 Å². The Morgan fingerprint density at radius 2 is 2.35 bits per heavy atom. The van der Waals surface area contributed by atoms with Gasteiger partial charge in [-0.3, -0.25) is 9.48 Å². The molecule has 0 aliphatic carbocycles. The fourth-order valence-corrected chi connectivity index (χ4v) is 2.63. The number of nitrogens with zero attached hydrogens (tertiary/aromatic N) is 3. The molecule has 1 amide bonds. The van der Waals surface area contributed by atoms with Gasteiger partial charge in [-0.2, -0.15) is 5.10 Å². The SMILES string of the molecule is Cc1nn(CC(=O)Nc2ncc(Br)s2)cc1Br. The van der Waals surface area contributed by atoms with Gasteiger partial charge in [-0.1, -0.05) is 11.3 Å². The van der Waals surface area contributed by atoms with E-state index in [1.165, 1.54) is 11.3 Å². The molecule has 0 spiro atoms. The molecule has 90 valence electrons. The van der Waals surface area contributed by atoms with Crippen LogP contribution in [0.3, 0.4) is 0 Å². The molecule has 0 saturated carbocycles. The number of halogens is 2. The third kappa shape index (κ3) is 3.36. The second-order valence-corrected chi connectivity index (χ2v) is 6.54. The third-order valence-electron chi connectivity index (χ3n) is 1.92. The minimum Gasteiger partial charge on any atom is -0.300 e. The highest BCUT2D eigenvalue weighted by Gasteiger charge is 2.08. The van der Waals surface area contributed by atoms with E-state index in [4.69, 9.17) is 0 Å². The number of hydrogen-bond donors (Lipinski definition) is 1. The van der Waals surface area contributed by atoms with Crippen LogP contribution in [0.15, 0.2) is 20.7 Å². The molecule has 5 nitrogen and oxygen atoms in total. The maximum atomic E-state index is 11.7. The van der Waals surface area contributed by atoms with Crippen molar-refractivity contribution in [3.63, 3.8) is 0 Å². The number of rotatable bonds is 3. The van der Waals surface area contributed by atoms with Gasteiger partial charge in [-0.25, -0.2) is 4.98 Å². The Labute approximate surface area is 118 Å². The maximum absolute atomic E-state index is 11.7. The van der Waals surface area contributed by atoms with Crippen LogP contribution in [0, 0.1) is 6.92 Å². The molecule has 2 aromatic rings. The molecule has 0 bridgehead atoms. The summed E-state index contributed by atoms with van der Waals surface area (Å²) in [5.74, 6) is -0.151. The van der Waals surface area contributed by atoms with Gasteiger partial charge in [-0.15, -0.1) is 0 Å². The molecule has 2 rings (SSSR count). The van der Waals surface area contributed by atoms with Gasteiger partial charge in [0.2, 0.25) is 5.91 Å². The van der Waals surface area contributed by atoms with Crippen LogP contribution in [0.4, 0.5) is 5.13 Å². The van der Waals surface area contributed by atoms with Gasteiger partial charge in [0, 0.05) is 6.20 Å². The molecule has 8 heteroatoms. The van der Waals surface area contributed by atoms with Crippen LogP contribution in [0.25, 0.3) is 0 Å². The van der Waals surface area contributed by atoms with Crippen LogP contribution in [0.1, 0.15) is 5.69 Å². The van der Waals surface area contributed by atoms with E-state index in [1.807, 2.05) is 6.92 Å². The third-order valence-corrected chi connectivity index (χ3v) is 4.09. The number of hydrogen-bond acceptors (Lipinski definition) is 4. The van der Waals surface area contributed by atoms with Gasteiger partial charge >= 0.3 is 0 Å². The molecule has 2 aromatic heterocycles. The molecule has 0 aromatic carbocycles. The zero-order valence-electron chi connectivity index (χ0n) is 8.78. The summed E-state index contributed by atoms with van der Waals surface area (Å²) < 4.78 is 3.35. The second kappa shape index (κ2) is 5.28. The first kappa shape index (κ1) is 12.7. The standard InChI is InChI=1S/C9H8Br2N4OS/c1-5-6(10)3-15(14-5)4-8(16)13-9-12-2-7(11)17-9/h2-3H,4H2,1H3,(H,12,13,16). The number of aryl methyl sites for hydroxylation is 1. The first-order valence-corrected chi connectivity index (χ1v) is 7.05. The van der Waals surface area contributed by atoms with Gasteiger partial charge in [-0.05, 0) is 38.8 Å². The van der Waals surface area contributed by atoms with Crippen molar-refractivity contribution in [1.29, 1.82) is 0 Å². The topological polar surface area (TPSA) is 59.8 Å². The van der Waals surface area contributed by atoms with Crippen molar-refractivity contribution in [2.45, 2.75) is 13.5 Å². The lowest BCUT2D eigenvalue weighted by Gasteiger charge is -2.01. The summed E-state index contributed by atoms with van der Waals surface area (Å²) in [7, 11) is 0. The van der Waals surface area contributed by atoms with Crippen molar-refractivity contribution < 1.29 is 4.79 Å². The molecule has 0 saturated heterocycles. The molecule has 0 atom stereocenters. The molecular weight excluding hydrogens is 372 g/mol. The van der Waals surface area contributed by atoms with Crippen LogP contribution in [-0.4, -0.2) is 20.7 Å². The van der Waals surface area contributed by atoms with E-state index in [1.54, 1.807) is 17.1 Å². The first-order chi connectivity index (χ1) is 8.04. The monoisotopic (exact) mass is 378 g/mol. The van der Waals surface area contributed by atoms with Crippen molar-refractivity contribution in [3.05, 3.63) is 26.3 Å². The number of nitrogens with one attached hydrogen (secondary N) is 1. The predicted octanol–water partition coefficient (Wildman–Crippen LogP) is 2.81. The second-order valence-electron chi connectivity index (χ2n) is 3.28. The van der Waals surface area contributed by atoms with Crippen LogP contribution < -0.4 is 5.32 Å². The van der Waals surface area contributed by atoms with Crippen LogP contribution in [0.2, 0.25) is 0 Å². The zero-order chi connectivity index (χ0) is 12.4. The van der Waals surface area contributed by atoms with E-state index in [0.717, 1.165) is 14.0 Å². The summed E-state index contributed by atoms with van der Waals surface area (Å²) in [4.78, 5) is 15.7. The average molecular weight is 380 g/mol. The Bertz CT molecular complexity index is 531. The molecule has 1 N–H and O–H groups in total. The largest absolute Gasteiger partial charge is 0.300 e. The van der Waals surface area contributed by atoms with Crippen LogP contribution in [-0.2, 0) is 11.3 Å². The molecule has 0 aliphatic heterocycles. The van der Waals surface area contributed by atoms with Crippen molar-refractivity contribution in [3.8, 4) is 0 Å². The number of thiazole rings is 1. The molecule has 0 aliphatic rings. The van der Waals surface area contributed by atoms with Gasteiger partial charge in [0.1, 0.15) is 6.54 Å².